The molecule has 3 aromatic heterocycles. The largest absolute Gasteiger partial charge is 0.393 e. The van der Waals surface area contributed by atoms with Crippen LogP contribution in [0.4, 0.5) is 0 Å². The Labute approximate surface area is 143 Å². The number of hydrogen-bond acceptors (Lipinski definition) is 5. The Morgan fingerprint density at radius 1 is 1.44 bits per heavy atom. The van der Waals surface area contributed by atoms with Crippen molar-refractivity contribution in [3.05, 3.63) is 35.1 Å². The van der Waals surface area contributed by atoms with Crippen molar-refractivity contribution in [1.29, 1.82) is 5.26 Å². The smallest absolute Gasteiger partial charge is 0.276 e. The highest BCUT2D eigenvalue weighted by atomic mass is 16.3. The summed E-state index contributed by atoms with van der Waals surface area (Å²) in [5.41, 5.74) is 1.41. The van der Waals surface area contributed by atoms with E-state index in [-0.39, 0.29) is 23.9 Å². The number of aromatic amines is 2. The maximum Gasteiger partial charge on any atom is 0.276 e. The number of nitrogens with zero attached hydrogens (tertiary/aromatic N) is 4. The van der Waals surface area contributed by atoms with Crippen LogP contribution < -0.4 is 5.56 Å². The van der Waals surface area contributed by atoms with E-state index < -0.39 is 6.10 Å². The lowest BCUT2D eigenvalue weighted by molar-refractivity contribution is 0.0967. The molecule has 8 nitrogen and oxygen atoms in total. The average molecular weight is 338 g/mol. The van der Waals surface area contributed by atoms with Crippen LogP contribution in [0.1, 0.15) is 31.7 Å². The van der Waals surface area contributed by atoms with Crippen molar-refractivity contribution >= 4 is 11.0 Å². The minimum atomic E-state index is -0.479. The van der Waals surface area contributed by atoms with Crippen LogP contribution in [0, 0.1) is 17.2 Å². The summed E-state index contributed by atoms with van der Waals surface area (Å²) in [6.45, 7) is 0. The van der Waals surface area contributed by atoms with Gasteiger partial charge in [0.05, 0.1) is 35.9 Å². The maximum atomic E-state index is 13.0. The Hall–Kier alpha value is -2.92. The highest BCUT2D eigenvalue weighted by Gasteiger charge is 2.35. The molecule has 3 heterocycles. The lowest BCUT2D eigenvalue weighted by Gasteiger charge is -2.24. The molecule has 4 rings (SSSR count). The summed E-state index contributed by atoms with van der Waals surface area (Å²) < 4.78 is 1.47. The van der Waals surface area contributed by atoms with Crippen LogP contribution in [0.2, 0.25) is 0 Å². The third-order valence-corrected chi connectivity index (χ3v) is 5.06. The van der Waals surface area contributed by atoms with Crippen LogP contribution in [0.3, 0.4) is 0 Å². The van der Waals surface area contributed by atoms with Crippen LogP contribution in [0.5, 0.6) is 0 Å². The first-order chi connectivity index (χ1) is 12.2. The van der Waals surface area contributed by atoms with Gasteiger partial charge in [-0.05, 0) is 18.9 Å². The van der Waals surface area contributed by atoms with Gasteiger partial charge in [0.2, 0.25) is 0 Å². The first-order valence-electron chi connectivity index (χ1n) is 8.34. The topological polar surface area (TPSA) is 123 Å². The van der Waals surface area contributed by atoms with Crippen molar-refractivity contribution in [3.63, 3.8) is 0 Å². The van der Waals surface area contributed by atoms with Crippen molar-refractivity contribution < 1.29 is 5.11 Å². The molecule has 1 fully saturated rings. The van der Waals surface area contributed by atoms with Gasteiger partial charge in [-0.1, -0.05) is 6.42 Å². The number of nitrogens with one attached hydrogen (secondary N) is 2. The molecular formula is C17H18N6O2. The molecule has 1 aliphatic carbocycles. The van der Waals surface area contributed by atoms with Crippen LogP contribution in [-0.2, 0) is 0 Å². The Balaban J connectivity index is 1.79. The quantitative estimate of drug-likeness (QED) is 0.668. The third-order valence-electron chi connectivity index (χ3n) is 5.06. The number of rotatable bonds is 4. The number of aliphatic hydroxyl groups excluding tert-OH is 1. The van der Waals surface area contributed by atoms with Crippen molar-refractivity contribution in [1.82, 2.24) is 24.7 Å². The Morgan fingerprint density at radius 3 is 3.08 bits per heavy atom. The molecular weight excluding hydrogens is 320 g/mol. The van der Waals surface area contributed by atoms with Gasteiger partial charge in [-0.15, -0.1) is 0 Å². The molecule has 3 atom stereocenters. The summed E-state index contributed by atoms with van der Waals surface area (Å²) in [6.07, 6.45) is 6.90. The van der Waals surface area contributed by atoms with Crippen molar-refractivity contribution in [2.45, 2.75) is 37.8 Å². The van der Waals surface area contributed by atoms with E-state index in [1.54, 1.807) is 12.4 Å². The Kier molecular flexibility index (Phi) is 3.86. The molecule has 3 N–H and O–H groups in total. The van der Waals surface area contributed by atoms with E-state index in [1.807, 2.05) is 6.07 Å². The molecule has 0 spiro atoms. The van der Waals surface area contributed by atoms with Crippen LogP contribution in [-0.4, -0.2) is 35.9 Å². The van der Waals surface area contributed by atoms with Crippen LogP contribution >= 0.6 is 0 Å². The van der Waals surface area contributed by atoms with Gasteiger partial charge >= 0.3 is 0 Å². The fraction of sp³-hybridized carbons (Fsp3) is 0.412. The van der Waals surface area contributed by atoms with Gasteiger partial charge in [-0.3, -0.25) is 4.79 Å². The van der Waals surface area contributed by atoms with Crippen LogP contribution in [0.15, 0.2) is 29.6 Å². The molecule has 25 heavy (non-hydrogen) atoms. The Bertz CT molecular complexity index is 994. The number of fused-ring (bicyclic) bond motifs is 1. The molecule has 1 saturated carbocycles. The molecule has 0 aromatic carbocycles. The molecule has 0 aliphatic heterocycles. The van der Waals surface area contributed by atoms with E-state index in [4.69, 9.17) is 0 Å². The fourth-order valence-corrected chi connectivity index (χ4v) is 3.83. The van der Waals surface area contributed by atoms with E-state index in [0.29, 0.717) is 23.3 Å². The molecule has 3 unspecified atom stereocenters. The summed E-state index contributed by atoms with van der Waals surface area (Å²) in [5.74, 6) is -0.0958. The first kappa shape index (κ1) is 15.6. The number of aliphatic hydroxyl groups is 1. The molecule has 0 saturated heterocycles. The molecule has 0 radical (unpaired) electrons. The minimum absolute atomic E-state index is 0.0958. The monoisotopic (exact) mass is 338 g/mol. The van der Waals surface area contributed by atoms with Crippen molar-refractivity contribution in [3.8, 4) is 17.3 Å². The molecule has 1 aliphatic rings. The van der Waals surface area contributed by atoms with Gasteiger partial charge in [0.25, 0.3) is 5.56 Å². The maximum absolute atomic E-state index is 13.0. The number of H-pyrrole nitrogens is 2. The zero-order valence-electron chi connectivity index (χ0n) is 13.5. The summed E-state index contributed by atoms with van der Waals surface area (Å²) in [5, 5.41) is 23.1. The molecule has 8 heteroatoms. The minimum Gasteiger partial charge on any atom is -0.393 e. The van der Waals surface area contributed by atoms with Gasteiger partial charge in [-0.25, -0.2) is 14.6 Å². The van der Waals surface area contributed by atoms with Gasteiger partial charge < -0.3 is 15.2 Å². The highest BCUT2D eigenvalue weighted by Crippen LogP contribution is 2.36. The predicted molar refractivity (Wildman–Crippen MR) is 90.6 cm³/mol. The summed E-state index contributed by atoms with van der Waals surface area (Å²) in [4.78, 5) is 24.4. The second-order valence-electron chi connectivity index (χ2n) is 6.42. The van der Waals surface area contributed by atoms with Gasteiger partial charge in [0, 0.05) is 23.7 Å². The molecule has 0 amide bonds. The first-order valence-corrected chi connectivity index (χ1v) is 8.34. The summed E-state index contributed by atoms with van der Waals surface area (Å²) in [6, 6.07) is 3.60. The van der Waals surface area contributed by atoms with Gasteiger partial charge in [0.15, 0.2) is 0 Å². The summed E-state index contributed by atoms with van der Waals surface area (Å²) >= 11 is 0. The normalized spacial score (nSPS) is 21.4. The van der Waals surface area contributed by atoms with Gasteiger partial charge in [-0.2, -0.15) is 5.26 Å². The lowest BCUT2D eigenvalue weighted by Crippen LogP contribution is -2.32. The van der Waals surface area contributed by atoms with E-state index in [0.717, 1.165) is 18.2 Å². The third kappa shape index (κ3) is 2.53. The molecule has 3 aromatic rings. The average Bonchev–Trinajstić information content (AvgIpc) is 3.32. The van der Waals surface area contributed by atoms with E-state index in [2.05, 4.69) is 26.1 Å². The van der Waals surface area contributed by atoms with Crippen molar-refractivity contribution in [2.75, 3.05) is 0 Å². The second kappa shape index (κ2) is 6.18. The lowest BCUT2D eigenvalue weighted by atomic mass is 9.94. The van der Waals surface area contributed by atoms with E-state index >= 15 is 0 Å². The van der Waals surface area contributed by atoms with Gasteiger partial charge in [0.1, 0.15) is 12.0 Å². The number of aromatic nitrogens is 5. The fourth-order valence-electron chi connectivity index (χ4n) is 3.83. The van der Waals surface area contributed by atoms with E-state index in [9.17, 15) is 15.2 Å². The molecule has 0 bridgehead atoms. The number of nitriles is 1. The second-order valence-corrected chi connectivity index (χ2v) is 6.42. The SMILES string of the molecule is N#CCC(C1CCCC1O)n1[nH]cc(-c2ncnc3[nH]ccc23)c1=O. The number of hydrogen-bond donors (Lipinski definition) is 3. The van der Waals surface area contributed by atoms with Crippen molar-refractivity contribution in [2.24, 2.45) is 5.92 Å². The predicted octanol–water partition coefficient (Wildman–Crippen LogP) is 1.73. The zero-order chi connectivity index (χ0) is 17.4. The van der Waals surface area contributed by atoms with E-state index in [1.165, 1.54) is 11.0 Å². The highest BCUT2D eigenvalue weighted by molar-refractivity contribution is 5.89. The molecule has 128 valence electrons. The Morgan fingerprint density at radius 2 is 2.32 bits per heavy atom. The van der Waals surface area contributed by atoms with Crippen LogP contribution in [0.25, 0.3) is 22.3 Å². The summed E-state index contributed by atoms with van der Waals surface area (Å²) in [7, 11) is 0. The standard InChI is InChI=1S/C17H18N6O2/c18-6-4-13(10-2-1-3-14(10)24)23-17(25)12(8-22-23)15-11-5-7-19-16(11)21-9-20-15/h5,7-10,13-14,22,24H,1-4H2,(H,19,20,21). The zero-order valence-corrected chi connectivity index (χ0v) is 13.5.